The third-order valence-corrected chi connectivity index (χ3v) is 5.86. The van der Waals surface area contributed by atoms with E-state index in [1.165, 1.54) is 30.8 Å². The van der Waals surface area contributed by atoms with E-state index in [0.29, 0.717) is 11.8 Å². The van der Waals surface area contributed by atoms with Gasteiger partial charge in [-0.15, -0.1) is 15.3 Å². The second kappa shape index (κ2) is 5.91. The Labute approximate surface area is 149 Å². The first-order valence-corrected chi connectivity index (χ1v) is 9.55. The van der Waals surface area contributed by atoms with Gasteiger partial charge in [0.1, 0.15) is 11.6 Å². The average Bonchev–Trinajstić information content (AvgIpc) is 3.11. The molecule has 0 spiro atoms. The number of nitrogens with zero attached hydrogens (tertiary/aromatic N) is 7. The van der Waals surface area contributed by atoms with E-state index in [9.17, 15) is 0 Å². The molecule has 0 aromatic carbocycles. The summed E-state index contributed by atoms with van der Waals surface area (Å²) in [4.78, 5) is 6.65. The minimum Gasteiger partial charge on any atom is -0.360 e. The molecule has 1 saturated heterocycles. The molecule has 1 saturated carbocycles. The summed E-state index contributed by atoms with van der Waals surface area (Å²) in [5, 5.41) is 17.7. The normalized spacial score (nSPS) is 18.4. The van der Waals surface area contributed by atoms with Crippen molar-refractivity contribution in [1.82, 2.24) is 29.2 Å². The van der Waals surface area contributed by atoms with Crippen LogP contribution in [-0.4, -0.2) is 48.8 Å². The highest BCUT2D eigenvalue weighted by Gasteiger charge is 2.29. The summed E-state index contributed by atoms with van der Waals surface area (Å²) in [6, 6.07) is 4.07. The molecule has 0 amide bonds. The molecule has 0 bridgehead atoms. The fourth-order valence-corrected chi connectivity index (χ4v) is 3.95. The topological polar surface area (TPSA) is 84.1 Å². The highest BCUT2D eigenvalue weighted by molar-refractivity contribution is 7.09. The smallest absolute Gasteiger partial charge is 0.202 e. The van der Waals surface area contributed by atoms with Crippen molar-refractivity contribution >= 4 is 28.1 Å². The zero-order valence-electron chi connectivity index (χ0n) is 14.1. The maximum atomic E-state index is 4.79. The van der Waals surface area contributed by atoms with Crippen LogP contribution in [0.15, 0.2) is 12.1 Å². The van der Waals surface area contributed by atoms with Crippen molar-refractivity contribution in [2.24, 2.45) is 5.92 Å². The Morgan fingerprint density at radius 3 is 2.84 bits per heavy atom. The van der Waals surface area contributed by atoms with Gasteiger partial charge in [-0.05, 0) is 31.9 Å². The van der Waals surface area contributed by atoms with Crippen molar-refractivity contribution < 1.29 is 0 Å². The van der Waals surface area contributed by atoms with Gasteiger partial charge in [-0.25, -0.2) is 4.98 Å². The number of hydrogen-bond donors (Lipinski definition) is 1. The molecule has 8 nitrogen and oxygen atoms in total. The quantitative estimate of drug-likeness (QED) is 0.749. The SMILES string of the molecule is Cc1nsc(NCC2CN(c3ccc4nnc(C5CCC5)n4n3)C2)n1. The molecule has 9 heteroatoms. The van der Waals surface area contributed by atoms with Gasteiger partial charge in [-0.3, -0.25) is 0 Å². The van der Waals surface area contributed by atoms with Crippen molar-refractivity contribution in [3.05, 3.63) is 23.8 Å². The molecule has 4 heterocycles. The molecule has 0 radical (unpaired) electrons. The third kappa shape index (κ3) is 2.72. The van der Waals surface area contributed by atoms with E-state index in [4.69, 9.17) is 5.10 Å². The molecule has 1 N–H and O–H groups in total. The van der Waals surface area contributed by atoms with Gasteiger partial charge in [-0.2, -0.15) is 8.89 Å². The molecule has 3 aromatic rings. The van der Waals surface area contributed by atoms with Crippen LogP contribution >= 0.6 is 11.5 Å². The lowest BCUT2D eigenvalue weighted by Crippen LogP contribution is -2.50. The van der Waals surface area contributed by atoms with Crippen LogP contribution in [0, 0.1) is 12.8 Å². The van der Waals surface area contributed by atoms with Gasteiger partial charge in [0, 0.05) is 43.0 Å². The number of nitrogens with one attached hydrogen (secondary N) is 1. The lowest BCUT2D eigenvalue weighted by molar-refractivity contribution is 0.393. The Morgan fingerprint density at radius 2 is 2.12 bits per heavy atom. The predicted molar refractivity (Wildman–Crippen MR) is 96.2 cm³/mol. The molecule has 0 unspecified atom stereocenters. The fraction of sp³-hybridized carbons (Fsp3) is 0.562. The average molecular weight is 356 g/mol. The molecule has 0 atom stereocenters. The van der Waals surface area contributed by atoms with Crippen molar-refractivity contribution in [3.8, 4) is 0 Å². The zero-order valence-corrected chi connectivity index (χ0v) is 14.9. The number of anilines is 2. The van der Waals surface area contributed by atoms with Gasteiger partial charge in [0.05, 0.1) is 0 Å². The lowest BCUT2D eigenvalue weighted by Gasteiger charge is -2.40. The first-order valence-electron chi connectivity index (χ1n) is 8.78. The number of aromatic nitrogens is 6. The first kappa shape index (κ1) is 15.0. The number of hydrogen-bond acceptors (Lipinski definition) is 8. The van der Waals surface area contributed by atoms with Crippen LogP contribution in [-0.2, 0) is 0 Å². The fourth-order valence-electron chi connectivity index (χ4n) is 3.37. The van der Waals surface area contributed by atoms with Crippen molar-refractivity contribution in [1.29, 1.82) is 0 Å². The van der Waals surface area contributed by atoms with Crippen LogP contribution in [0.3, 0.4) is 0 Å². The monoisotopic (exact) mass is 356 g/mol. The standard InChI is InChI=1S/C16H20N8S/c1-10-18-16(25-22-10)17-7-11-8-23(9-11)14-6-5-13-19-20-15(24(13)21-14)12-3-2-4-12/h5-6,11-12H,2-4,7-9H2,1H3,(H,17,18,22). The van der Waals surface area contributed by atoms with Crippen LogP contribution < -0.4 is 10.2 Å². The molecule has 3 aromatic heterocycles. The Balaban J connectivity index is 1.24. The minimum absolute atomic E-state index is 0.529. The first-order chi connectivity index (χ1) is 12.3. The van der Waals surface area contributed by atoms with E-state index < -0.39 is 0 Å². The summed E-state index contributed by atoms with van der Waals surface area (Å²) >= 11 is 1.42. The van der Waals surface area contributed by atoms with Gasteiger partial charge in [0.25, 0.3) is 0 Å². The predicted octanol–water partition coefficient (Wildman–Crippen LogP) is 2.10. The van der Waals surface area contributed by atoms with Crippen LogP contribution in [0.4, 0.5) is 10.9 Å². The zero-order chi connectivity index (χ0) is 16.8. The van der Waals surface area contributed by atoms with E-state index in [2.05, 4.69) is 29.8 Å². The second-order valence-electron chi connectivity index (χ2n) is 6.95. The van der Waals surface area contributed by atoms with Gasteiger partial charge < -0.3 is 10.2 Å². The molecule has 2 aliphatic rings. The minimum atomic E-state index is 0.529. The largest absolute Gasteiger partial charge is 0.360 e. The second-order valence-corrected chi connectivity index (χ2v) is 7.70. The van der Waals surface area contributed by atoms with Crippen LogP contribution in [0.1, 0.15) is 36.8 Å². The Bertz CT molecular complexity index is 893. The van der Waals surface area contributed by atoms with E-state index in [0.717, 1.165) is 47.9 Å². The summed E-state index contributed by atoms with van der Waals surface area (Å²) in [5.41, 5.74) is 0.844. The molecule has 2 fully saturated rings. The number of aryl methyl sites for hydroxylation is 1. The van der Waals surface area contributed by atoms with Crippen LogP contribution in [0.2, 0.25) is 0 Å². The van der Waals surface area contributed by atoms with Gasteiger partial charge >= 0.3 is 0 Å². The van der Waals surface area contributed by atoms with Gasteiger partial charge in [-0.1, -0.05) is 6.42 Å². The summed E-state index contributed by atoms with van der Waals surface area (Å²) in [7, 11) is 0. The molecular weight excluding hydrogens is 336 g/mol. The molecule has 25 heavy (non-hydrogen) atoms. The summed E-state index contributed by atoms with van der Waals surface area (Å²) in [5.74, 6) is 4.00. The maximum absolute atomic E-state index is 4.79. The Hall–Kier alpha value is -2.29. The summed E-state index contributed by atoms with van der Waals surface area (Å²) < 4.78 is 6.13. The lowest BCUT2D eigenvalue weighted by atomic mass is 9.85. The highest BCUT2D eigenvalue weighted by Crippen LogP contribution is 2.35. The van der Waals surface area contributed by atoms with E-state index >= 15 is 0 Å². The van der Waals surface area contributed by atoms with Crippen LogP contribution in [0.5, 0.6) is 0 Å². The Morgan fingerprint density at radius 1 is 1.24 bits per heavy atom. The number of rotatable bonds is 5. The highest BCUT2D eigenvalue weighted by atomic mass is 32.1. The van der Waals surface area contributed by atoms with Gasteiger partial charge in [0.2, 0.25) is 5.13 Å². The maximum Gasteiger partial charge on any atom is 0.202 e. The molecule has 1 aliphatic carbocycles. The molecule has 1 aliphatic heterocycles. The third-order valence-electron chi connectivity index (χ3n) is 5.09. The van der Waals surface area contributed by atoms with Crippen molar-refractivity contribution in [2.75, 3.05) is 29.9 Å². The Kier molecular flexibility index (Phi) is 3.54. The summed E-state index contributed by atoms with van der Waals surface area (Å²) in [6.07, 6.45) is 3.69. The van der Waals surface area contributed by atoms with E-state index in [1.807, 2.05) is 23.6 Å². The molecule has 130 valence electrons. The molecule has 5 rings (SSSR count). The van der Waals surface area contributed by atoms with E-state index in [1.54, 1.807) is 0 Å². The number of fused-ring (bicyclic) bond motifs is 1. The van der Waals surface area contributed by atoms with E-state index in [-0.39, 0.29) is 0 Å². The van der Waals surface area contributed by atoms with Gasteiger partial charge in [0.15, 0.2) is 11.5 Å². The molecular formula is C16H20N8S. The van der Waals surface area contributed by atoms with Crippen molar-refractivity contribution in [2.45, 2.75) is 32.1 Å². The summed E-state index contributed by atoms with van der Waals surface area (Å²) in [6.45, 7) is 4.85. The van der Waals surface area contributed by atoms with Crippen molar-refractivity contribution in [3.63, 3.8) is 0 Å². The van der Waals surface area contributed by atoms with Crippen LogP contribution in [0.25, 0.3) is 5.65 Å².